The van der Waals surface area contributed by atoms with E-state index < -0.39 is 0 Å². The van der Waals surface area contributed by atoms with Crippen LogP contribution in [0.15, 0.2) is 140 Å². The second kappa shape index (κ2) is 12.3. The van der Waals surface area contributed by atoms with Crippen LogP contribution in [0, 0.1) is 17.9 Å². The van der Waals surface area contributed by atoms with Gasteiger partial charge < -0.3 is 9.97 Å². The fraction of sp³-hybridized carbons (Fsp3) is 0.0698. The number of hydrogen-bond donors (Lipinski definition) is 0. The average Bonchev–Trinajstić information content (AvgIpc) is 3.33. The van der Waals surface area contributed by atoms with Crippen LogP contribution in [-0.4, -0.2) is 9.97 Å². The Kier molecular flexibility index (Phi) is 8.01. The van der Waals surface area contributed by atoms with E-state index >= 15 is 0 Å². The standard InChI is InChI=1S/C32H21FN.C11H8N.Ir/c1-32(2)29-17-20(8-11-26(29)27-12-9-21(33)18-30(27)32)31-28-14-13-23-22-6-4-3-5-19(22)7-10-24(23)25(28)15-16-34-31;1-2-6-10(7-3-1)11-8-4-5-9-12-11;/h3-7,9-18H,1-2H3;1-6,8-9H;/q2*-1;. The van der Waals surface area contributed by atoms with Gasteiger partial charge in [0, 0.05) is 32.5 Å². The van der Waals surface area contributed by atoms with Crippen molar-refractivity contribution in [2.45, 2.75) is 19.3 Å². The Balaban J connectivity index is 0.000000228. The predicted molar refractivity (Wildman–Crippen MR) is 187 cm³/mol. The maximum atomic E-state index is 14.1. The molecule has 229 valence electrons. The summed E-state index contributed by atoms with van der Waals surface area (Å²) in [5.74, 6) is -0.195. The fourth-order valence-electron chi connectivity index (χ4n) is 6.82. The van der Waals surface area contributed by atoms with Crippen molar-refractivity contribution in [3.05, 3.63) is 169 Å². The maximum absolute atomic E-state index is 14.1. The molecule has 1 radical (unpaired) electrons. The Labute approximate surface area is 287 Å². The summed E-state index contributed by atoms with van der Waals surface area (Å²) in [5.41, 5.74) is 8.04. The summed E-state index contributed by atoms with van der Waals surface area (Å²) in [6, 6.07) is 49.1. The molecule has 0 amide bonds. The molecule has 2 heterocycles. The summed E-state index contributed by atoms with van der Waals surface area (Å²) in [7, 11) is 0. The summed E-state index contributed by atoms with van der Waals surface area (Å²) < 4.78 is 14.1. The minimum Gasteiger partial charge on any atom is -0.305 e. The van der Waals surface area contributed by atoms with Crippen LogP contribution in [0.1, 0.15) is 25.0 Å². The van der Waals surface area contributed by atoms with Crippen LogP contribution in [0.5, 0.6) is 0 Å². The molecule has 0 saturated carbocycles. The third-order valence-corrected chi connectivity index (χ3v) is 9.14. The van der Waals surface area contributed by atoms with E-state index in [1.807, 2.05) is 60.8 Å². The van der Waals surface area contributed by atoms with Crippen LogP contribution >= 0.6 is 0 Å². The molecular formula is C43H29FIrN2-2. The molecule has 0 saturated heterocycles. The van der Waals surface area contributed by atoms with Crippen molar-refractivity contribution >= 4 is 32.3 Å². The second-order valence-corrected chi connectivity index (χ2v) is 12.2. The van der Waals surface area contributed by atoms with E-state index in [0.29, 0.717) is 0 Å². The van der Waals surface area contributed by atoms with Crippen LogP contribution in [0.2, 0.25) is 0 Å². The van der Waals surface area contributed by atoms with Gasteiger partial charge in [0.05, 0.1) is 0 Å². The molecule has 8 aromatic rings. The molecular weight excluding hydrogens is 756 g/mol. The van der Waals surface area contributed by atoms with Gasteiger partial charge in [-0.3, -0.25) is 0 Å². The molecule has 0 fully saturated rings. The van der Waals surface area contributed by atoms with E-state index in [9.17, 15) is 4.39 Å². The average molecular weight is 785 g/mol. The number of halogens is 1. The molecule has 0 atom stereocenters. The van der Waals surface area contributed by atoms with Crippen LogP contribution < -0.4 is 0 Å². The summed E-state index contributed by atoms with van der Waals surface area (Å²) >= 11 is 0. The summed E-state index contributed by atoms with van der Waals surface area (Å²) in [5, 5.41) is 7.28. The first kappa shape index (κ1) is 30.6. The van der Waals surface area contributed by atoms with Gasteiger partial charge in [0.15, 0.2) is 0 Å². The molecule has 6 aromatic carbocycles. The number of pyridine rings is 2. The maximum Gasteiger partial charge on any atom is 0.123 e. The molecule has 0 unspecified atom stereocenters. The van der Waals surface area contributed by atoms with E-state index in [4.69, 9.17) is 4.98 Å². The topological polar surface area (TPSA) is 25.8 Å². The normalized spacial score (nSPS) is 12.6. The minimum atomic E-state index is -0.285. The first-order valence-electron chi connectivity index (χ1n) is 15.4. The third-order valence-electron chi connectivity index (χ3n) is 9.14. The van der Waals surface area contributed by atoms with E-state index in [-0.39, 0.29) is 31.3 Å². The minimum absolute atomic E-state index is 0. The van der Waals surface area contributed by atoms with Gasteiger partial charge in [-0.15, -0.1) is 65.2 Å². The van der Waals surface area contributed by atoms with E-state index in [0.717, 1.165) is 44.6 Å². The van der Waals surface area contributed by atoms with Crippen LogP contribution in [0.4, 0.5) is 4.39 Å². The van der Waals surface area contributed by atoms with Crippen molar-refractivity contribution in [3.8, 4) is 33.6 Å². The number of benzene rings is 6. The zero-order valence-electron chi connectivity index (χ0n) is 25.9. The Hall–Kier alpha value is -5.02. The SMILES string of the molecule is CC1(C)c2cc(-c3nccc4c3ccc3c5ccccc5ccc43)[c-]cc2-c2ccc(F)cc21.[Ir].[c-]1ccccc1-c1ccccn1. The Morgan fingerprint density at radius 3 is 2.15 bits per heavy atom. The van der Waals surface area contributed by atoms with Crippen molar-refractivity contribution in [1.82, 2.24) is 9.97 Å². The van der Waals surface area contributed by atoms with Gasteiger partial charge in [-0.25, -0.2) is 4.39 Å². The molecule has 47 heavy (non-hydrogen) atoms. The molecule has 9 rings (SSSR count). The Morgan fingerprint density at radius 1 is 0.574 bits per heavy atom. The summed E-state index contributed by atoms with van der Waals surface area (Å²) in [6.45, 7) is 4.33. The number of fused-ring (bicyclic) bond motifs is 8. The van der Waals surface area contributed by atoms with Crippen LogP contribution in [0.25, 0.3) is 66.0 Å². The molecule has 0 bridgehead atoms. The molecule has 1 aliphatic rings. The van der Waals surface area contributed by atoms with Crippen molar-refractivity contribution in [3.63, 3.8) is 0 Å². The molecule has 1 aliphatic carbocycles. The summed E-state index contributed by atoms with van der Waals surface area (Å²) in [6.07, 6.45) is 3.68. The van der Waals surface area contributed by atoms with Gasteiger partial charge in [0.2, 0.25) is 0 Å². The zero-order valence-corrected chi connectivity index (χ0v) is 28.3. The van der Waals surface area contributed by atoms with E-state index in [2.05, 4.69) is 91.6 Å². The summed E-state index contributed by atoms with van der Waals surface area (Å²) in [4.78, 5) is 9.01. The molecule has 4 heteroatoms. The first-order chi connectivity index (χ1) is 22.5. The van der Waals surface area contributed by atoms with Gasteiger partial charge in [-0.2, -0.15) is 0 Å². The van der Waals surface area contributed by atoms with Crippen molar-refractivity contribution < 1.29 is 24.5 Å². The zero-order chi connectivity index (χ0) is 31.3. The predicted octanol–water partition coefficient (Wildman–Crippen LogP) is 11.0. The van der Waals surface area contributed by atoms with Gasteiger partial charge in [0.1, 0.15) is 5.82 Å². The number of nitrogens with zero attached hydrogens (tertiary/aromatic N) is 2. The number of hydrogen-bond acceptors (Lipinski definition) is 2. The van der Waals surface area contributed by atoms with Gasteiger partial charge in [-0.1, -0.05) is 91.7 Å². The van der Waals surface area contributed by atoms with E-state index in [1.165, 1.54) is 32.5 Å². The smallest absolute Gasteiger partial charge is 0.123 e. The quantitative estimate of drug-likeness (QED) is 0.129. The number of aromatic nitrogens is 2. The van der Waals surface area contributed by atoms with Crippen molar-refractivity contribution in [2.24, 2.45) is 0 Å². The van der Waals surface area contributed by atoms with Gasteiger partial charge in [0.25, 0.3) is 0 Å². The van der Waals surface area contributed by atoms with Gasteiger partial charge in [-0.05, 0) is 78.9 Å². The third kappa shape index (κ3) is 5.34. The second-order valence-electron chi connectivity index (χ2n) is 12.2. The van der Waals surface area contributed by atoms with Crippen molar-refractivity contribution in [2.75, 3.05) is 0 Å². The molecule has 0 aliphatic heterocycles. The van der Waals surface area contributed by atoms with Crippen LogP contribution in [0.3, 0.4) is 0 Å². The molecule has 0 spiro atoms. The fourth-order valence-corrected chi connectivity index (χ4v) is 6.82. The largest absolute Gasteiger partial charge is 0.305 e. The molecule has 2 aromatic heterocycles. The number of rotatable bonds is 2. The first-order valence-corrected chi connectivity index (χ1v) is 15.4. The van der Waals surface area contributed by atoms with Gasteiger partial charge >= 0.3 is 0 Å². The van der Waals surface area contributed by atoms with E-state index in [1.54, 1.807) is 18.3 Å². The Morgan fingerprint density at radius 2 is 1.32 bits per heavy atom. The molecule has 0 N–H and O–H groups in total. The molecule has 2 nitrogen and oxygen atoms in total. The Bertz CT molecular complexity index is 2370. The monoisotopic (exact) mass is 785 g/mol. The van der Waals surface area contributed by atoms with Crippen LogP contribution in [-0.2, 0) is 25.5 Å². The van der Waals surface area contributed by atoms with Crippen molar-refractivity contribution in [1.29, 1.82) is 0 Å².